The number of likely N-dealkylation sites (N-methyl/N-ethyl adjacent to an activating group) is 1. The Morgan fingerprint density at radius 3 is 2.57 bits per heavy atom. The molecule has 1 fully saturated rings. The lowest BCUT2D eigenvalue weighted by atomic mass is 9.80. The van der Waals surface area contributed by atoms with Gasteiger partial charge in [-0.15, -0.1) is 11.3 Å². The van der Waals surface area contributed by atoms with Crippen LogP contribution in [-0.4, -0.2) is 46.9 Å². The van der Waals surface area contributed by atoms with Gasteiger partial charge in [0.1, 0.15) is 5.54 Å². The van der Waals surface area contributed by atoms with Crippen LogP contribution in [0.4, 0.5) is 0 Å². The zero-order chi connectivity index (χ0) is 16.9. The SMILES string of the molecule is CN(C(=O)CCNC(=O)c1cccs1)C1(C(=O)O)CCCCC1. The van der Waals surface area contributed by atoms with Crippen molar-refractivity contribution in [1.82, 2.24) is 10.2 Å². The Morgan fingerprint density at radius 2 is 2.00 bits per heavy atom. The molecule has 0 saturated heterocycles. The van der Waals surface area contributed by atoms with Crippen molar-refractivity contribution < 1.29 is 19.5 Å². The number of aliphatic carboxylic acids is 1. The number of carboxylic acids is 1. The third-order valence-corrected chi connectivity index (χ3v) is 5.33. The molecule has 126 valence electrons. The molecular formula is C16H22N2O4S. The van der Waals surface area contributed by atoms with Crippen LogP contribution in [0.1, 0.15) is 48.2 Å². The largest absolute Gasteiger partial charge is 0.479 e. The zero-order valence-corrected chi connectivity index (χ0v) is 14.0. The smallest absolute Gasteiger partial charge is 0.329 e. The summed E-state index contributed by atoms with van der Waals surface area (Å²) in [6, 6.07) is 3.51. The van der Waals surface area contributed by atoms with Crippen LogP contribution in [0.25, 0.3) is 0 Å². The molecule has 0 atom stereocenters. The van der Waals surface area contributed by atoms with E-state index in [4.69, 9.17) is 0 Å². The second-order valence-electron chi connectivity index (χ2n) is 5.83. The molecule has 7 heteroatoms. The Bertz CT molecular complexity index is 565. The topological polar surface area (TPSA) is 86.7 Å². The maximum absolute atomic E-state index is 12.3. The van der Waals surface area contributed by atoms with E-state index in [-0.39, 0.29) is 24.8 Å². The quantitative estimate of drug-likeness (QED) is 0.832. The predicted octanol–water partition coefficient (Wildman–Crippen LogP) is 2.11. The lowest BCUT2D eigenvalue weighted by Gasteiger charge is -2.41. The summed E-state index contributed by atoms with van der Waals surface area (Å²) >= 11 is 1.34. The van der Waals surface area contributed by atoms with Gasteiger partial charge in [0.15, 0.2) is 0 Å². The molecule has 1 saturated carbocycles. The van der Waals surface area contributed by atoms with Crippen LogP contribution in [0, 0.1) is 0 Å². The van der Waals surface area contributed by atoms with Crippen LogP contribution in [0.2, 0.25) is 0 Å². The first-order chi connectivity index (χ1) is 11.0. The number of nitrogens with zero attached hydrogens (tertiary/aromatic N) is 1. The van der Waals surface area contributed by atoms with Crippen LogP contribution in [0.15, 0.2) is 17.5 Å². The summed E-state index contributed by atoms with van der Waals surface area (Å²) in [5.74, 6) is -1.39. The number of thiophene rings is 1. The Kier molecular flexibility index (Phi) is 5.76. The molecule has 0 unspecified atom stereocenters. The summed E-state index contributed by atoms with van der Waals surface area (Å²) in [5.41, 5.74) is -1.09. The van der Waals surface area contributed by atoms with E-state index in [9.17, 15) is 19.5 Å². The van der Waals surface area contributed by atoms with Gasteiger partial charge >= 0.3 is 5.97 Å². The second kappa shape index (κ2) is 7.59. The molecule has 1 heterocycles. The number of carboxylic acid groups (broad SMARTS) is 1. The number of hydrogen-bond donors (Lipinski definition) is 2. The molecule has 1 aromatic rings. The Hall–Kier alpha value is -1.89. The Labute approximate surface area is 139 Å². The molecule has 0 aromatic carbocycles. The zero-order valence-electron chi connectivity index (χ0n) is 13.2. The summed E-state index contributed by atoms with van der Waals surface area (Å²) in [5, 5.41) is 14.1. The van der Waals surface area contributed by atoms with E-state index in [1.165, 1.54) is 16.2 Å². The van der Waals surface area contributed by atoms with Gasteiger partial charge in [0.25, 0.3) is 5.91 Å². The number of carbonyl (C=O) groups is 3. The van der Waals surface area contributed by atoms with Gasteiger partial charge in [-0.25, -0.2) is 4.79 Å². The van der Waals surface area contributed by atoms with Crippen molar-refractivity contribution in [2.75, 3.05) is 13.6 Å². The van der Waals surface area contributed by atoms with E-state index in [1.54, 1.807) is 19.2 Å². The molecule has 6 nitrogen and oxygen atoms in total. The fraction of sp³-hybridized carbons (Fsp3) is 0.562. The van der Waals surface area contributed by atoms with Crippen molar-refractivity contribution in [3.63, 3.8) is 0 Å². The highest BCUT2D eigenvalue weighted by atomic mass is 32.1. The molecule has 2 amide bonds. The lowest BCUT2D eigenvalue weighted by molar-refractivity contribution is -0.160. The van der Waals surface area contributed by atoms with E-state index in [2.05, 4.69) is 5.32 Å². The number of nitrogens with one attached hydrogen (secondary N) is 1. The van der Waals surface area contributed by atoms with Gasteiger partial charge in [-0.05, 0) is 24.3 Å². The number of amides is 2. The highest BCUT2D eigenvalue weighted by Crippen LogP contribution is 2.33. The number of carbonyl (C=O) groups excluding carboxylic acids is 2. The van der Waals surface area contributed by atoms with Crippen LogP contribution in [0.5, 0.6) is 0 Å². The van der Waals surface area contributed by atoms with E-state index >= 15 is 0 Å². The fourth-order valence-electron chi connectivity index (χ4n) is 3.01. The van der Waals surface area contributed by atoms with E-state index < -0.39 is 11.5 Å². The van der Waals surface area contributed by atoms with Crippen molar-refractivity contribution in [3.8, 4) is 0 Å². The highest BCUT2D eigenvalue weighted by molar-refractivity contribution is 7.12. The monoisotopic (exact) mass is 338 g/mol. The summed E-state index contributed by atoms with van der Waals surface area (Å²) in [6.07, 6.45) is 3.73. The Balaban J connectivity index is 1.89. The van der Waals surface area contributed by atoms with Gasteiger partial charge in [0, 0.05) is 20.0 Å². The molecule has 1 aromatic heterocycles. The van der Waals surface area contributed by atoms with Crippen LogP contribution in [0.3, 0.4) is 0 Å². The molecule has 2 rings (SSSR count). The summed E-state index contributed by atoms with van der Waals surface area (Å²) in [4.78, 5) is 37.8. The molecule has 23 heavy (non-hydrogen) atoms. The van der Waals surface area contributed by atoms with E-state index in [1.807, 2.05) is 5.38 Å². The molecule has 1 aliphatic carbocycles. The molecule has 0 radical (unpaired) electrons. The van der Waals surface area contributed by atoms with Crippen molar-refractivity contribution in [3.05, 3.63) is 22.4 Å². The van der Waals surface area contributed by atoms with Crippen molar-refractivity contribution in [2.45, 2.75) is 44.1 Å². The van der Waals surface area contributed by atoms with Gasteiger partial charge in [-0.1, -0.05) is 25.3 Å². The molecule has 0 bridgehead atoms. The third-order valence-electron chi connectivity index (χ3n) is 4.46. The van der Waals surface area contributed by atoms with Crippen LogP contribution < -0.4 is 5.32 Å². The normalized spacial score (nSPS) is 16.6. The maximum atomic E-state index is 12.3. The fourth-order valence-corrected chi connectivity index (χ4v) is 3.65. The first-order valence-electron chi connectivity index (χ1n) is 7.79. The highest BCUT2D eigenvalue weighted by Gasteiger charge is 2.45. The molecular weight excluding hydrogens is 316 g/mol. The van der Waals surface area contributed by atoms with E-state index in [0.717, 1.165) is 19.3 Å². The maximum Gasteiger partial charge on any atom is 0.329 e. The number of hydrogen-bond acceptors (Lipinski definition) is 4. The predicted molar refractivity (Wildman–Crippen MR) is 87.5 cm³/mol. The van der Waals surface area contributed by atoms with E-state index in [0.29, 0.717) is 17.7 Å². The summed E-state index contributed by atoms with van der Waals surface area (Å²) in [7, 11) is 1.56. The van der Waals surface area contributed by atoms with Gasteiger partial charge in [-0.2, -0.15) is 0 Å². The standard InChI is InChI=1S/C16H22N2O4S/c1-18(16(15(21)22)8-3-2-4-9-16)13(19)7-10-17-14(20)12-6-5-11-23-12/h5-6,11H,2-4,7-10H2,1H3,(H,17,20)(H,21,22). The first kappa shape index (κ1) is 17.5. The Morgan fingerprint density at radius 1 is 1.30 bits per heavy atom. The average molecular weight is 338 g/mol. The summed E-state index contributed by atoms with van der Waals surface area (Å²) < 4.78 is 0. The van der Waals surface area contributed by atoms with Gasteiger partial charge in [0.05, 0.1) is 4.88 Å². The van der Waals surface area contributed by atoms with Crippen molar-refractivity contribution in [1.29, 1.82) is 0 Å². The van der Waals surface area contributed by atoms with Crippen molar-refractivity contribution in [2.24, 2.45) is 0 Å². The first-order valence-corrected chi connectivity index (χ1v) is 8.67. The van der Waals surface area contributed by atoms with Gasteiger partial charge < -0.3 is 15.3 Å². The average Bonchev–Trinajstić information content (AvgIpc) is 3.09. The minimum Gasteiger partial charge on any atom is -0.479 e. The second-order valence-corrected chi connectivity index (χ2v) is 6.78. The lowest BCUT2D eigenvalue weighted by Crippen LogP contribution is -2.56. The molecule has 0 spiro atoms. The number of rotatable bonds is 6. The molecule has 2 N–H and O–H groups in total. The summed E-state index contributed by atoms with van der Waals surface area (Å²) in [6.45, 7) is 0.204. The van der Waals surface area contributed by atoms with Crippen molar-refractivity contribution >= 4 is 29.1 Å². The van der Waals surface area contributed by atoms with Gasteiger partial charge in [-0.3, -0.25) is 9.59 Å². The molecule has 1 aliphatic rings. The minimum atomic E-state index is -1.09. The third kappa shape index (κ3) is 3.90. The van der Waals surface area contributed by atoms with Crippen LogP contribution in [-0.2, 0) is 9.59 Å². The minimum absolute atomic E-state index is 0.0998. The van der Waals surface area contributed by atoms with Crippen LogP contribution >= 0.6 is 11.3 Å². The molecule has 0 aliphatic heterocycles. The van der Waals surface area contributed by atoms with Gasteiger partial charge in [0.2, 0.25) is 5.91 Å².